The minimum atomic E-state index is -0.945. The number of carbonyl (C=O) groups is 2. The molecule has 0 radical (unpaired) electrons. The van der Waals surface area contributed by atoms with E-state index in [1.165, 1.54) is 6.20 Å². The predicted molar refractivity (Wildman–Crippen MR) is 71.6 cm³/mol. The zero-order chi connectivity index (χ0) is 14.7. The molecular formula is C13H14N4O3. The number of carboxylic acids is 1. The van der Waals surface area contributed by atoms with Crippen LogP contribution < -0.4 is 5.32 Å². The number of carboxylic acid groups (broad SMARTS) is 1. The van der Waals surface area contributed by atoms with Crippen LogP contribution in [0.25, 0.3) is 0 Å². The molecule has 0 spiro atoms. The van der Waals surface area contributed by atoms with Gasteiger partial charge in [-0.15, -0.1) is 0 Å². The summed E-state index contributed by atoms with van der Waals surface area (Å²) in [5.74, 6) is -1.22. The summed E-state index contributed by atoms with van der Waals surface area (Å²) < 4.78 is 0. The van der Waals surface area contributed by atoms with E-state index >= 15 is 0 Å². The number of H-pyrrole nitrogens is 1. The standard InChI is InChI=1S/C13H14N4O3/c1-7-12(8(2)17-16-7)13(20)15-10-4-3-9(14-6-10)5-11(18)19/h3-4,6H,5H2,1-2H3,(H,15,20)(H,16,17)(H,18,19). The van der Waals surface area contributed by atoms with Gasteiger partial charge in [0.25, 0.3) is 5.91 Å². The number of aromatic amines is 1. The number of hydrogen-bond acceptors (Lipinski definition) is 4. The molecule has 0 unspecified atom stereocenters. The van der Waals surface area contributed by atoms with Crippen LogP contribution in [0.5, 0.6) is 0 Å². The van der Waals surface area contributed by atoms with Gasteiger partial charge in [0, 0.05) is 5.69 Å². The first-order chi connectivity index (χ1) is 9.47. The van der Waals surface area contributed by atoms with Gasteiger partial charge in [0.15, 0.2) is 0 Å². The van der Waals surface area contributed by atoms with Crippen LogP contribution in [0, 0.1) is 13.8 Å². The highest BCUT2D eigenvalue weighted by atomic mass is 16.4. The number of aryl methyl sites for hydroxylation is 2. The smallest absolute Gasteiger partial charge is 0.309 e. The van der Waals surface area contributed by atoms with Crippen molar-refractivity contribution in [1.82, 2.24) is 15.2 Å². The summed E-state index contributed by atoms with van der Waals surface area (Å²) in [7, 11) is 0. The Hall–Kier alpha value is -2.70. The molecule has 0 aromatic carbocycles. The van der Waals surface area contributed by atoms with Gasteiger partial charge < -0.3 is 10.4 Å². The lowest BCUT2D eigenvalue weighted by Gasteiger charge is -2.05. The molecule has 2 rings (SSSR count). The molecule has 3 N–H and O–H groups in total. The Morgan fingerprint density at radius 2 is 2.10 bits per heavy atom. The van der Waals surface area contributed by atoms with Crippen molar-refractivity contribution in [2.45, 2.75) is 20.3 Å². The molecule has 0 atom stereocenters. The minimum Gasteiger partial charge on any atom is -0.481 e. The summed E-state index contributed by atoms with van der Waals surface area (Å²) in [5.41, 5.74) is 2.75. The van der Waals surface area contributed by atoms with Gasteiger partial charge in [-0.3, -0.25) is 19.7 Å². The minimum absolute atomic E-state index is 0.145. The van der Waals surface area contributed by atoms with E-state index < -0.39 is 5.97 Å². The average Bonchev–Trinajstić information content (AvgIpc) is 2.71. The van der Waals surface area contributed by atoms with E-state index in [9.17, 15) is 9.59 Å². The van der Waals surface area contributed by atoms with Gasteiger partial charge in [0.2, 0.25) is 0 Å². The van der Waals surface area contributed by atoms with Crippen molar-refractivity contribution in [3.05, 3.63) is 41.0 Å². The molecule has 2 heterocycles. The third-order valence-corrected chi connectivity index (χ3v) is 2.77. The fraction of sp³-hybridized carbons (Fsp3) is 0.231. The van der Waals surface area contributed by atoms with Crippen molar-refractivity contribution in [1.29, 1.82) is 0 Å². The van der Waals surface area contributed by atoms with Crippen molar-refractivity contribution >= 4 is 17.6 Å². The molecule has 0 bridgehead atoms. The average molecular weight is 274 g/mol. The number of amides is 1. The van der Waals surface area contributed by atoms with Crippen LogP contribution in [0.3, 0.4) is 0 Å². The topological polar surface area (TPSA) is 108 Å². The van der Waals surface area contributed by atoms with Gasteiger partial charge in [-0.05, 0) is 26.0 Å². The number of aromatic nitrogens is 3. The molecule has 2 aromatic heterocycles. The van der Waals surface area contributed by atoms with Gasteiger partial charge in [-0.25, -0.2) is 0 Å². The first-order valence-corrected chi connectivity index (χ1v) is 5.97. The third kappa shape index (κ3) is 3.00. The Morgan fingerprint density at radius 1 is 1.35 bits per heavy atom. The van der Waals surface area contributed by atoms with Crippen LogP contribution in [0.2, 0.25) is 0 Å². The maximum absolute atomic E-state index is 12.1. The van der Waals surface area contributed by atoms with E-state index in [1.807, 2.05) is 0 Å². The molecule has 0 saturated heterocycles. The highest BCUT2D eigenvalue weighted by Gasteiger charge is 2.15. The Labute approximate surface area is 115 Å². The number of aliphatic carboxylic acids is 1. The van der Waals surface area contributed by atoms with Gasteiger partial charge in [0.05, 0.1) is 35.3 Å². The Balaban J connectivity index is 2.10. The molecule has 0 aliphatic heterocycles. The largest absolute Gasteiger partial charge is 0.481 e. The zero-order valence-electron chi connectivity index (χ0n) is 11.1. The van der Waals surface area contributed by atoms with Gasteiger partial charge in [0.1, 0.15) is 0 Å². The zero-order valence-corrected chi connectivity index (χ0v) is 11.1. The molecule has 2 aromatic rings. The molecule has 7 nitrogen and oxygen atoms in total. The number of nitrogens with zero attached hydrogens (tertiary/aromatic N) is 2. The molecule has 20 heavy (non-hydrogen) atoms. The number of pyridine rings is 1. The summed E-state index contributed by atoms with van der Waals surface area (Å²) in [6.07, 6.45) is 1.29. The van der Waals surface area contributed by atoms with E-state index in [1.54, 1.807) is 26.0 Å². The van der Waals surface area contributed by atoms with Crippen molar-refractivity contribution in [3.8, 4) is 0 Å². The molecule has 0 fully saturated rings. The summed E-state index contributed by atoms with van der Waals surface area (Å²) in [4.78, 5) is 26.6. The third-order valence-electron chi connectivity index (χ3n) is 2.77. The fourth-order valence-electron chi connectivity index (χ4n) is 1.84. The lowest BCUT2D eigenvalue weighted by Crippen LogP contribution is -2.14. The monoisotopic (exact) mass is 274 g/mol. The number of anilines is 1. The van der Waals surface area contributed by atoms with Crippen molar-refractivity contribution < 1.29 is 14.7 Å². The maximum Gasteiger partial charge on any atom is 0.309 e. The van der Waals surface area contributed by atoms with E-state index in [4.69, 9.17) is 5.11 Å². The van der Waals surface area contributed by atoms with Crippen LogP contribution in [0.1, 0.15) is 27.4 Å². The highest BCUT2D eigenvalue weighted by molar-refractivity contribution is 6.05. The van der Waals surface area contributed by atoms with Crippen molar-refractivity contribution in [2.75, 3.05) is 5.32 Å². The first kappa shape index (κ1) is 13.7. The highest BCUT2D eigenvalue weighted by Crippen LogP contribution is 2.13. The maximum atomic E-state index is 12.1. The van der Waals surface area contributed by atoms with Crippen LogP contribution in [0.15, 0.2) is 18.3 Å². The number of rotatable bonds is 4. The van der Waals surface area contributed by atoms with Crippen LogP contribution in [-0.2, 0) is 11.2 Å². The molecular weight excluding hydrogens is 260 g/mol. The number of nitrogens with one attached hydrogen (secondary N) is 2. The fourth-order valence-corrected chi connectivity index (χ4v) is 1.84. The normalized spacial score (nSPS) is 10.3. The van der Waals surface area contributed by atoms with Crippen molar-refractivity contribution in [3.63, 3.8) is 0 Å². The summed E-state index contributed by atoms with van der Waals surface area (Å²) in [6, 6.07) is 3.19. The molecule has 7 heteroatoms. The Kier molecular flexibility index (Phi) is 3.79. The lowest BCUT2D eigenvalue weighted by molar-refractivity contribution is -0.136. The second kappa shape index (κ2) is 5.52. The number of hydrogen-bond donors (Lipinski definition) is 3. The molecule has 104 valence electrons. The van der Waals surface area contributed by atoms with Gasteiger partial charge in [-0.2, -0.15) is 5.10 Å². The molecule has 0 aliphatic rings. The quantitative estimate of drug-likeness (QED) is 0.778. The van der Waals surface area contributed by atoms with Crippen LogP contribution in [0.4, 0.5) is 5.69 Å². The van der Waals surface area contributed by atoms with E-state index in [-0.39, 0.29) is 12.3 Å². The second-order valence-electron chi connectivity index (χ2n) is 4.37. The first-order valence-electron chi connectivity index (χ1n) is 5.97. The van der Waals surface area contributed by atoms with Crippen molar-refractivity contribution in [2.24, 2.45) is 0 Å². The molecule has 0 aliphatic carbocycles. The van der Waals surface area contributed by atoms with E-state index in [0.29, 0.717) is 28.3 Å². The van der Waals surface area contributed by atoms with Gasteiger partial charge >= 0.3 is 5.97 Å². The Bertz CT molecular complexity index is 627. The van der Waals surface area contributed by atoms with Crippen LogP contribution >= 0.6 is 0 Å². The summed E-state index contributed by atoms with van der Waals surface area (Å²) >= 11 is 0. The van der Waals surface area contributed by atoms with Gasteiger partial charge in [-0.1, -0.05) is 0 Å². The Morgan fingerprint density at radius 3 is 2.60 bits per heavy atom. The SMILES string of the molecule is Cc1n[nH]c(C)c1C(=O)Nc1ccc(CC(=O)O)nc1. The van der Waals surface area contributed by atoms with E-state index in [2.05, 4.69) is 20.5 Å². The molecule has 0 saturated carbocycles. The summed E-state index contributed by atoms with van der Waals surface area (Å²) in [6.45, 7) is 3.51. The second-order valence-corrected chi connectivity index (χ2v) is 4.37. The predicted octanol–water partition coefficient (Wildman–Crippen LogP) is 1.30. The van der Waals surface area contributed by atoms with E-state index in [0.717, 1.165) is 0 Å². The molecule has 1 amide bonds. The lowest BCUT2D eigenvalue weighted by atomic mass is 10.2. The van der Waals surface area contributed by atoms with Crippen LogP contribution in [-0.4, -0.2) is 32.2 Å². The number of carbonyl (C=O) groups excluding carboxylic acids is 1. The summed E-state index contributed by atoms with van der Waals surface area (Å²) in [5, 5.41) is 18.0.